The Morgan fingerprint density at radius 2 is 1.66 bits per heavy atom. The molecule has 158 valence electrons. The highest BCUT2D eigenvalue weighted by atomic mass is 32.2. The molecule has 8 heteroatoms. The number of amides is 1. The van der Waals surface area contributed by atoms with Crippen LogP contribution in [0.15, 0.2) is 29.2 Å². The summed E-state index contributed by atoms with van der Waals surface area (Å²) in [7, 11) is -1.81. The van der Waals surface area contributed by atoms with Gasteiger partial charge in [-0.2, -0.15) is 9.40 Å². The number of hydrogen-bond donors (Lipinski definition) is 0. The summed E-state index contributed by atoms with van der Waals surface area (Å²) in [5, 5.41) is 4.47. The molecule has 1 fully saturated rings. The second kappa shape index (κ2) is 7.57. The highest BCUT2D eigenvalue weighted by molar-refractivity contribution is 7.89. The first-order chi connectivity index (χ1) is 13.4. The molecule has 0 bridgehead atoms. The minimum Gasteiger partial charge on any atom is -0.335 e. The van der Waals surface area contributed by atoms with Gasteiger partial charge < -0.3 is 4.90 Å². The third-order valence-corrected chi connectivity index (χ3v) is 7.40. The molecule has 7 nitrogen and oxygen atoms in total. The highest BCUT2D eigenvalue weighted by Crippen LogP contribution is 2.24. The van der Waals surface area contributed by atoms with Crippen LogP contribution in [0.2, 0.25) is 0 Å². The van der Waals surface area contributed by atoms with Crippen molar-refractivity contribution in [3.63, 3.8) is 0 Å². The maximum atomic E-state index is 13.1. The number of aryl methyl sites for hydroxylation is 3. The summed E-state index contributed by atoms with van der Waals surface area (Å²) in [4.78, 5) is 15.0. The van der Waals surface area contributed by atoms with Crippen LogP contribution in [0.3, 0.4) is 0 Å². The van der Waals surface area contributed by atoms with Crippen molar-refractivity contribution >= 4 is 15.9 Å². The number of rotatable bonds is 3. The van der Waals surface area contributed by atoms with Gasteiger partial charge in [0.1, 0.15) is 5.69 Å². The Morgan fingerprint density at radius 3 is 2.21 bits per heavy atom. The van der Waals surface area contributed by atoms with E-state index in [2.05, 4.69) is 25.9 Å². The van der Waals surface area contributed by atoms with Gasteiger partial charge in [0.2, 0.25) is 10.0 Å². The lowest BCUT2D eigenvalue weighted by atomic mass is 9.92. The van der Waals surface area contributed by atoms with Gasteiger partial charge >= 0.3 is 0 Å². The Kier molecular flexibility index (Phi) is 5.62. The van der Waals surface area contributed by atoms with Crippen molar-refractivity contribution in [1.82, 2.24) is 19.0 Å². The Hall–Kier alpha value is -2.19. The molecule has 0 aliphatic carbocycles. The highest BCUT2D eigenvalue weighted by Gasteiger charge is 2.32. The smallest absolute Gasteiger partial charge is 0.272 e. The van der Waals surface area contributed by atoms with Crippen LogP contribution in [-0.2, 0) is 22.5 Å². The van der Waals surface area contributed by atoms with Crippen molar-refractivity contribution in [2.24, 2.45) is 7.05 Å². The van der Waals surface area contributed by atoms with Gasteiger partial charge in [-0.25, -0.2) is 8.42 Å². The van der Waals surface area contributed by atoms with Crippen LogP contribution in [0.5, 0.6) is 0 Å². The topological polar surface area (TPSA) is 75.5 Å². The van der Waals surface area contributed by atoms with Crippen LogP contribution in [0.4, 0.5) is 0 Å². The third kappa shape index (κ3) is 4.23. The lowest BCUT2D eigenvalue weighted by molar-refractivity contribution is 0.0686. The van der Waals surface area contributed by atoms with E-state index in [4.69, 9.17) is 0 Å². The molecule has 0 N–H and O–H groups in total. The van der Waals surface area contributed by atoms with Crippen molar-refractivity contribution in [3.05, 3.63) is 46.8 Å². The van der Waals surface area contributed by atoms with Gasteiger partial charge in [-0.1, -0.05) is 32.9 Å². The molecule has 1 aliphatic rings. The van der Waals surface area contributed by atoms with E-state index in [-0.39, 0.29) is 24.4 Å². The Balaban J connectivity index is 1.74. The average molecular weight is 419 g/mol. The molecule has 1 aromatic carbocycles. The number of hydrogen-bond acceptors (Lipinski definition) is 4. The first-order valence-corrected chi connectivity index (χ1v) is 11.3. The van der Waals surface area contributed by atoms with Crippen molar-refractivity contribution in [2.45, 2.75) is 44.9 Å². The van der Waals surface area contributed by atoms with E-state index in [1.54, 1.807) is 29.6 Å². The maximum Gasteiger partial charge on any atom is 0.272 e. The molecule has 0 unspecified atom stereocenters. The van der Waals surface area contributed by atoms with Gasteiger partial charge in [0.15, 0.2) is 0 Å². The standard InChI is InChI=1S/C21H30N4O3S/c1-15-7-8-16(2)18(13-15)29(27,28)25-11-9-24(10-12-25)20(26)17-14-19(21(3,4)5)22-23(17)6/h7-8,13-14H,9-12H2,1-6H3. The van der Waals surface area contributed by atoms with Gasteiger partial charge in [-0.15, -0.1) is 0 Å². The summed E-state index contributed by atoms with van der Waals surface area (Å²) in [6.07, 6.45) is 0. The number of nitrogens with zero attached hydrogens (tertiary/aromatic N) is 4. The number of benzene rings is 1. The number of aromatic nitrogens is 2. The summed E-state index contributed by atoms with van der Waals surface area (Å²) in [5.41, 5.74) is 2.89. The van der Waals surface area contributed by atoms with E-state index in [1.807, 2.05) is 25.1 Å². The molecule has 2 heterocycles. The lowest BCUT2D eigenvalue weighted by Gasteiger charge is -2.34. The number of sulfonamides is 1. The monoisotopic (exact) mass is 418 g/mol. The summed E-state index contributed by atoms with van der Waals surface area (Å²) >= 11 is 0. The van der Waals surface area contributed by atoms with Crippen molar-refractivity contribution in [2.75, 3.05) is 26.2 Å². The molecular formula is C21H30N4O3S. The van der Waals surface area contributed by atoms with Gasteiger partial charge in [-0.3, -0.25) is 9.48 Å². The fourth-order valence-electron chi connectivity index (χ4n) is 3.45. The molecule has 0 spiro atoms. The largest absolute Gasteiger partial charge is 0.335 e. The molecule has 1 aliphatic heterocycles. The Bertz CT molecular complexity index is 1030. The molecule has 1 saturated heterocycles. The van der Waals surface area contributed by atoms with Crippen molar-refractivity contribution in [1.29, 1.82) is 0 Å². The zero-order valence-corrected chi connectivity index (χ0v) is 18.9. The zero-order valence-electron chi connectivity index (χ0n) is 18.1. The van der Waals surface area contributed by atoms with Crippen LogP contribution < -0.4 is 0 Å². The Morgan fingerprint density at radius 1 is 1.03 bits per heavy atom. The number of piperazine rings is 1. The van der Waals surface area contributed by atoms with E-state index in [0.717, 1.165) is 16.8 Å². The molecule has 1 amide bonds. The van der Waals surface area contributed by atoms with E-state index in [0.29, 0.717) is 23.7 Å². The van der Waals surface area contributed by atoms with E-state index < -0.39 is 10.0 Å². The summed E-state index contributed by atoms with van der Waals surface area (Å²) in [6, 6.07) is 7.29. The lowest BCUT2D eigenvalue weighted by Crippen LogP contribution is -2.50. The van der Waals surface area contributed by atoms with Gasteiger partial charge in [0, 0.05) is 38.6 Å². The van der Waals surface area contributed by atoms with Crippen LogP contribution in [0.1, 0.15) is 48.1 Å². The molecular weight excluding hydrogens is 388 g/mol. The van der Waals surface area contributed by atoms with Crippen LogP contribution >= 0.6 is 0 Å². The van der Waals surface area contributed by atoms with E-state index >= 15 is 0 Å². The fourth-order valence-corrected chi connectivity index (χ4v) is 5.18. The van der Waals surface area contributed by atoms with Crippen LogP contribution in [-0.4, -0.2) is 59.5 Å². The SMILES string of the molecule is Cc1ccc(C)c(S(=O)(=O)N2CCN(C(=O)c3cc(C(C)(C)C)nn3C)CC2)c1. The first-order valence-electron chi connectivity index (χ1n) is 9.82. The van der Waals surface area contributed by atoms with Gasteiger partial charge in [0.05, 0.1) is 10.6 Å². The van der Waals surface area contributed by atoms with Gasteiger partial charge in [0.25, 0.3) is 5.91 Å². The number of carbonyl (C=O) groups excluding carboxylic acids is 1. The average Bonchev–Trinajstić information content (AvgIpc) is 3.05. The number of carbonyl (C=O) groups is 1. The summed E-state index contributed by atoms with van der Waals surface area (Å²) in [5.74, 6) is -0.112. The molecule has 0 atom stereocenters. The predicted molar refractivity (Wildman–Crippen MR) is 112 cm³/mol. The second-order valence-corrected chi connectivity index (χ2v) is 10.7. The maximum absolute atomic E-state index is 13.1. The normalized spacial score (nSPS) is 16.3. The molecule has 29 heavy (non-hydrogen) atoms. The molecule has 3 rings (SSSR count). The fraction of sp³-hybridized carbons (Fsp3) is 0.524. The summed E-state index contributed by atoms with van der Waals surface area (Å²) < 4.78 is 29.3. The van der Waals surface area contributed by atoms with Crippen molar-refractivity contribution < 1.29 is 13.2 Å². The minimum absolute atomic E-state index is 0.112. The molecule has 1 aromatic heterocycles. The van der Waals surface area contributed by atoms with E-state index in [9.17, 15) is 13.2 Å². The minimum atomic E-state index is -3.57. The zero-order chi connectivity index (χ0) is 21.6. The first kappa shape index (κ1) is 21.5. The Labute approximate surface area is 173 Å². The van der Waals surface area contributed by atoms with Gasteiger partial charge in [-0.05, 0) is 37.1 Å². The quantitative estimate of drug-likeness (QED) is 0.767. The van der Waals surface area contributed by atoms with Crippen LogP contribution in [0, 0.1) is 13.8 Å². The van der Waals surface area contributed by atoms with E-state index in [1.165, 1.54) is 4.31 Å². The third-order valence-electron chi connectivity index (χ3n) is 5.35. The molecule has 2 aromatic rings. The van der Waals surface area contributed by atoms with Crippen LogP contribution in [0.25, 0.3) is 0 Å². The predicted octanol–water partition coefficient (Wildman–Crippen LogP) is 2.48. The molecule has 0 radical (unpaired) electrons. The van der Waals surface area contributed by atoms with Crippen molar-refractivity contribution in [3.8, 4) is 0 Å². The second-order valence-electron chi connectivity index (χ2n) is 8.75. The molecule has 0 saturated carbocycles. The summed E-state index contributed by atoms with van der Waals surface area (Å²) in [6.45, 7) is 11.1.